The topological polar surface area (TPSA) is 32.3 Å². The molecular weight excluding hydrogens is 127 g/mol. The van der Waals surface area contributed by atoms with Gasteiger partial charge < -0.3 is 0 Å². The van der Waals surface area contributed by atoms with Crippen LogP contribution in [0.1, 0.15) is 0 Å². The van der Waals surface area contributed by atoms with E-state index in [2.05, 4.69) is 4.27 Å². The van der Waals surface area contributed by atoms with Crippen LogP contribution in [0.2, 0.25) is 0 Å². The summed E-state index contributed by atoms with van der Waals surface area (Å²) < 4.78 is 2.77. The molecule has 3 radical (unpaired) electrons. The summed E-state index contributed by atoms with van der Waals surface area (Å²) in [5.41, 5.74) is 0. The van der Waals surface area contributed by atoms with Crippen LogP contribution in [0.3, 0.4) is 0 Å². The average molecular weight is 133 g/mol. The quantitative estimate of drug-likeness (QED) is 0.456. The molecule has 2 nitrogen and oxygen atoms in total. The van der Waals surface area contributed by atoms with Gasteiger partial charge in [-0.15, -0.1) is 0 Å². The first kappa shape index (κ1) is 5.46. The van der Waals surface area contributed by atoms with Gasteiger partial charge >= 0.3 is 39.3 Å². The van der Waals surface area contributed by atoms with Crippen LogP contribution in [0, 0.1) is 0 Å². The van der Waals surface area contributed by atoms with Crippen LogP contribution in [0.15, 0.2) is 0 Å². The summed E-state index contributed by atoms with van der Waals surface area (Å²) in [7, 11) is 0. The summed E-state index contributed by atoms with van der Waals surface area (Å²) >= 11 is 1.80. The Morgan fingerprint density at radius 2 is 2.40 bits per heavy atom. The van der Waals surface area contributed by atoms with Gasteiger partial charge in [0.05, 0.1) is 0 Å². The molecule has 0 fully saturated rings. The van der Waals surface area contributed by atoms with Gasteiger partial charge in [0, 0.05) is 0 Å². The number of aliphatic hydroxyl groups excluding tert-OH is 1. The molecule has 0 rings (SSSR count). The van der Waals surface area contributed by atoms with Crippen molar-refractivity contribution in [1.29, 1.82) is 0 Å². The summed E-state index contributed by atoms with van der Waals surface area (Å²) in [5.74, 6) is 0. The van der Waals surface area contributed by atoms with Crippen molar-refractivity contribution in [2.75, 3.05) is 13.2 Å². The van der Waals surface area contributed by atoms with E-state index < -0.39 is 0 Å². The third-order valence-corrected chi connectivity index (χ3v) is 0.761. The van der Waals surface area contributed by atoms with Gasteiger partial charge in [0.25, 0.3) is 0 Å². The molecule has 3 heteroatoms. The first-order valence-electron chi connectivity index (χ1n) is 1.42. The molecule has 0 aliphatic heterocycles. The number of nitrogens with one attached hydrogen (secondary N) is 1. The Hall–Kier alpha value is 0.463. The van der Waals surface area contributed by atoms with E-state index in [0.717, 1.165) is 0 Å². The van der Waals surface area contributed by atoms with E-state index >= 15 is 0 Å². The second-order valence-electron chi connectivity index (χ2n) is 0.650. The number of hydrogen-bond donors (Lipinski definition) is 2. The van der Waals surface area contributed by atoms with Crippen LogP contribution in [-0.2, 0) is 0 Å². The molecule has 0 unspecified atom stereocenters. The van der Waals surface area contributed by atoms with Gasteiger partial charge in [-0.2, -0.15) is 0 Å². The first-order chi connectivity index (χ1) is 2.41. The molecule has 0 aromatic carbocycles. The van der Waals surface area contributed by atoms with Crippen molar-refractivity contribution >= 4 is 16.7 Å². The van der Waals surface area contributed by atoms with Crippen molar-refractivity contribution in [3.8, 4) is 0 Å². The Bertz CT molecular complexity index is 17.1. The predicted molar refractivity (Wildman–Crippen MR) is 20.8 cm³/mol. The van der Waals surface area contributed by atoms with E-state index in [1.807, 2.05) is 0 Å². The first-order valence-corrected chi connectivity index (χ1v) is 2.47. The maximum absolute atomic E-state index is 8.00. The fraction of sp³-hybridized carbons (Fsp3) is 1.00. The summed E-state index contributed by atoms with van der Waals surface area (Å²) in [5, 5.41) is 8.00. The van der Waals surface area contributed by atoms with Gasteiger partial charge in [-0.25, -0.2) is 0 Å². The summed E-state index contributed by atoms with van der Waals surface area (Å²) in [6.07, 6.45) is 0. The fourth-order valence-electron chi connectivity index (χ4n) is 0.0559. The van der Waals surface area contributed by atoms with Gasteiger partial charge in [0.1, 0.15) is 0 Å². The van der Waals surface area contributed by atoms with Crippen molar-refractivity contribution < 1.29 is 5.11 Å². The molecule has 0 aliphatic carbocycles. The predicted octanol–water partition coefficient (Wildman–Crippen LogP) is -1.35. The Balaban J connectivity index is 2.19. The standard InChI is InChI=1S/C2H6GeNO/c3-4-1-2-5/h4-5H,1-2H2. The zero-order valence-electron chi connectivity index (χ0n) is 2.86. The molecule has 0 bridgehead atoms. The van der Waals surface area contributed by atoms with Gasteiger partial charge in [0.2, 0.25) is 0 Å². The molecule has 5 heavy (non-hydrogen) atoms. The average Bonchev–Trinajstić information content (AvgIpc) is 1.41. The van der Waals surface area contributed by atoms with Crippen LogP contribution in [-0.4, -0.2) is 35.0 Å². The van der Waals surface area contributed by atoms with E-state index in [-0.39, 0.29) is 6.61 Å². The van der Waals surface area contributed by atoms with E-state index in [1.54, 1.807) is 16.7 Å². The summed E-state index contributed by atoms with van der Waals surface area (Å²) in [6.45, 7) is 0.927. The molecule has 0 spiro atoms. The molecule has 0 saturated carbocycles. The Labute approximate surface area is 40.0 Å². The fourth-order valence-corrected chi connectivity index (χ4v) is 0.290. The molecule has 29 valence electrons. The summed E-state index contributed by atoms with van der Waals surface area (Å²) in [6, 6.07) is 0. The number of hydrogen-bond acceptors (Lipinski definition) is 2. The Kier molecular flexibility index (Phi) is 4.88. The van der Waals surface area contributed by atoms with E-state index in [0.29, 0.717) is 6.54 Å². The zero-order chi connectivity index (χ0) is 4.12. The molecule has 0 heterocycles. The van der Waals surface area contributed by atoms with E-state index in [4.69, 9.17) is 5.11 Å². The zero-order valence-corrected chi connectivity index (χ0v) is 4.96. The minimum absolute atomic E-state index is 0.233. The molecule has 0 amide bonds. The molecular formula is C2H6GeNO. The normalized spacial score (nSPS) is 8.40. The molecule has 0 atom stereocenters. The van der Waals surface area contributed by atoms with Crippen molar-refractivity contribution in [1.82, 2.24) is 4.27 Å². The van der Waals surface area contributed by atoms with E-state index in [9.17, 15) is 0 Å². The maximum atomic E-state index is 8.00. The Morgan fingerprint density at radius 1 is 1.80 bits per heavy atom. The van der Waals surface area contributed by atoms with Gasteiger partial charge in [-0.1, -0.05) is 0 Å². The molecule has 0 aliphatic rings. The summed E-state index contributed by atoms with van der Waals surface area (Å²) in [4.78, 5) is 0. The van der Waals surface area contributed by atoms with Crippen molar-refractivity contribution in [2.24, 2.45) is 0 Å². The third-order valence-electron chi connectivity index (χ3n) is 0.237. The number of rotatable bonds is 2. The number of aliphatic hydroxyl groups is 1. The molecule has 0 aromatic heterocycles. The van der Waals surface area contributed by atoms with Crippen LogP contribution < -0.4 is 4.27 Å². The molecule has 0 saturated heterocycles. The van der Waals surface area contributed by atoms with Crippen LogP contribution >= 0.6 is 0 Å². The second-order valence-corrected chi connectivity index (χ2v) is 1.39. The van der Waals surface area contributed by atoms with Gasteiger partial charge in [-0.05, 0) is 0 Å². The Morgan fingerprint density at radius 3 is 2.40 bits per heavy atom. The van der Waals surface area contributed by atoms with Crippen molar-refractivity contribution in [3.05, 3.63) is 0 Å². The van der Waals surface area contributed by atoms with Gasteiger partial charge in [0.15, 0.2) is 0 Å². The second kappa shape index (κ2) is 4.46. The minimum atomic E-state index is 0.233. The van der Waals surface area contributed by atoms with Crippen LogP contribution in [0.25, 0.3) is 0 Å². The van der Waals surface area contributed by atoms with Crippen LogP contribution in [0.5, 0.6) is 0 Å². The van der Waals surface area contributed by atoms with Crippen LogP contribution in [0.4, 0.5) is 0 Å². The molecule has 2 N–H and O–H groups in total. The van der Waals surface area contributed by atoms with E-state index in [1.165, 1.54) is 0 Å². The SMILES string of the molecule is OCC[NH][Ge]. The van der Waals surface area contributed by atoms with Crippen molar-refractivity contribution in [3.63, 3.8) is 0 Å². The molecule has 0 aromatic rings. The van der Waals surface area contributed by atoms with Crippen molar-refractivity contribution in [2.45, 2.75) is 0 Å². The van der Waals surface area contributed by atoms with Gasteiger partial charge in [-0.3, -0.25) is 0 Å². The monoisotopic (exact) mass is 134 g/mol. The third kappa shape index (κ3) is 4.46.